The number of aliphatic hydroxyl groups excluding tert-OH is 1. The third-order valence-electron chi connectivity index (χ3n) is 4.51. The maximum atomic E-state index is 13.6. The fourth-order valence-corrected chi connectivity index (χ4v) is 3.43. The van der Waals surface area contributed by atoms with Crippen LogP contribution >= 0.6 is 0 Å². The van der Waals surface area contributed by atoms with Crippen LogP contribution < -0.4 is 0 Å². The number of aryl methyl sites for hydroxylation is 1. The number of β-amino-alcohol motifs (C(OH)–C–C–N with tert-alkyl or cyclic N) is 1. The first-order valence-electron chi connectivity index (χ1n) is 8.09. The number of nitrogens with zero attached hydrogens (tertiary/aromatic N) is 3. The van der Waals surface area contributed by atoms with Crippen molar-refractivity contribution < 1.29 is 14.3 Å². The van der Waals surface area contributed by atoms with Gasteiger partial charge < -0.3 is 15.0 Å². The molecule has 3 aromatic rings. The van der Waals surface area contributed by atoms with Crippen LogP contribution in [0.4, 0.5) is 4.39 Å². The highest BCUT2D eigenvalue weighted by Gasteiger charge is 2.36. The second-order valence-electron chi connectivity index (χ2n) is 6.30. The molecule has 1 fully saturated rings. The van der Waals surface area contributed by atoms with E-state index >= 15 is 0 Å². The van der Waals surface area contributed by atoms with E-state index < -0.39 is 6.10 Å². The second-order valence-corrected chi connectivity index (χ2v) is 6.30. The zero-order valence-electron chi connectivity index (χ0n) is 13.6. The lowest BCUT2D eigenvalue weighted by Crippen LogP contribution is -2.32. The first-order valence-corrected chi connectivity index (χ1v) is 8.09. The van der Waals surface area contributed by atoms with Crippen molar-refractivity contribution in [2.75, 3.05) is 6.54 Å². The monoisotopic (exact) mass is 340 g/mol. The maximum absolute atomic E-state index is 13.6. The Labute approximate surface area is 143 Å². The van der Waals surface area contributed by atoms with Crippen LogP contribution in [0, 0.1) is 12.7 Å². The highest BCUT2D eigenvalue weighted by Crippen LogP contribution is 2.34. The topological polar surface area (TPSA) is 82.1 Å². The molecule has 1 aliphatic rings. The summed E-state index contributed by atoms with van der Waals surface area (Å²) in [6, 6.07) is 7.42. The lowest BCUT2D eigenvalue weighted by atomic mass is 10.0. The smallest absolute Gasteiger partial charge is 0.256 e. The number of nitrogens with one attached hydrogen (secondary N) is 1. The molecule has 1 aromatic carbocycles. The van der Waals surface area contributed by atoms with E-state index in [9.17, 15) is 14.3 Å². The number of imidazole rings is 1. The average Bonchev–Trinajstić information content (AvgIpc) is 3.15. The van der Waals surface area contributed by atoms with Gasteiger partial charge in [-0.2, -0.15) is 0 Å². The summed E-state index contributed by atoms with van der Waals surface area (Å²) in [4.78, 5) is 26.2. The zero-order valence-corrected chi connectivity index (χ0v) is 13.6. The first kappa shape index (κ1) is 15.7. The van der Waals surface area contributed by atoms with Crippen LogP contribution in [0.25, 0.3) is 11.2 Å². The normalized spacial score (nSPS) is 20.4. The van der Waals surface area contributed by atoms with Gasteiger partial charge in [0, 0.05) is 12.7 Å². The van der Waals surface area contributed by atoms with Crippen molar-refractivity contribution in [3.8, 4) is 0 Å². The molecule has 128 valence electrons. The third kappa shape index (κ3) is 2.76. The fourth-order valence-electron chi connectivity index (χ4n) is 3.43. The lowest BCUT2D eigenvalue weighted by molar-refractivity contribution is 0.0717. The van der Waals surface area contributed by atoms with Crippen molar-refractivity contribution in [1.29, 1.82) is 0 Å². The summed E-state index contributed by atoms with van der Waals surface area (Å²) in [5.74, 6) is 0.0783. The van der Waals surface area contributed by atoms with Crippen LogP contribution in [0.2, 0.25) is 0 Å². The number of pyridine rings is 1. The number of carbonyl (C=O) groups excluding carboxylic acids is 1. The van der Waals surface area contributed by atoms with Crippen LogP contribution in [-0.4, -0.2) is 43.5 Å². The standard InChI is InChI=1S/C18H17FN4O2/c1-10-21-16-14(5-6-20-17(16)22-10)18(25)23-9-13(24)8-15(23)11-3-2-4-12(19)7-11/h2-7,13,15,24H,8-9H2,1H3,(H,20,21,22). The molecule has 0 spiro atoms. The van der Waals surface area contributed by atoms with E-state index in [0.717, 1.165) is 0 Å². The summed E-state index contributed by atoms with van der Waals surface area (Å²) in [5, 5.41) is 10.1. The molecule has 2 N–H and O–H groups in total. The summed E-state index contributed by atoms with van der Waals surface area (Å²) < 4.78 is 13.6. The van der Waals surface area contributed by atoms with Gasteiger partial charge >= 0.3 is 0 Å². The largest absolute Gasteiger partial charge is 0.391 e. The van der Waals surface area contributed by atoms with Gasteiger partial charge in [-0.15, -0.1) is 0 Å². The maximum Gasteiger partial charge on any atom is 0.256 e. The molecule has 3 heterocycles. The third-order valence-corrected chi connectivity index (χ3v) is 4.51. The Morgan fingerprint density at radius 3 is 3.04 bits per heavy atom. The molecule has 2 unspecified atom stereocenters. The van der Waals surface area contributed by atoms with E-state index in [0.29, 0.717) is 34.5 Å². The summed E-state index contributed by atoms with van der Waals surface area (Å²) >= 11 is 0. The van der Waals surface area contributed by atoms with E-state index in [4.69, 9.17) is 0 Å². The molecular formula is C18H17FN4O2. The van der Waals surface area contributed by atoms with Gasteiger partial charge in [-0.1, -0.05) is 12.1 Å². The van der Waals surface area contributed by atoms with Crippen molar-refractivity contribution in [3.05, 3.63) is 59.3 Å². The number of likely N-dealkylation sites (tertiary alicyclic amines) is 1. The Balaban J connectivity index is 1.74. The van der Waals surface area contributed by atoms with Crippen LogP contribution in [-0.2, 0) is 0 Å². The molecule has 0 aliphatic carbocycles. The predicted molar refractivity (Wildman–Crippen MR) is 89.4 cm³/mol. The number of amides is 1. The predicted octanol–water partition coefficient (Wildman–Crippen LogP) is 2.35. The molecule has 0 saturated carbocycles. The van der Waals surface area contributed by atoms with Crippen LogP contribution in [0.1, 0.15) is 34.2 Å². The molecule has 2 atom stereocenters. The fraction of sp³-hybridized carbons (Fsp3) is 0.278. The van der Waals surface area contributed by atoms with Gasteiger partial charge in [0.1, 0.15) is 11.6 Å². The van der Waals surface area contributed by atoms with E-state index in [1.54, 1.807) is 36.2 Å². The summed E-state index contributed by atoms with van der Waals surface area (Å²) in [6.45, 7) is 2.00. The summed E-state index contributed by atoms with van der Waals surface area (Å²) in [7, 11) is 0. The number of benzene rings is 1. The molecular weight excluding hydrogens is 323 g/mol. The number of H-pyrrole nitrogens is 1. The zero-order chi connectivity index (χ0) is 17.6. The SMILES string of the molecule is Cc1nc2nccc(C(=O)N3CC(O)CC3c3cccc(F)c3)c2[nH]1. The van der Waals surface area contributed by atoms with Crippen LogP contribution in [0.5, 0.6) is 0 Å². The molecule has 25 heavy (non-hydrogen) atoms. The van der Waals surface area contributed by atoms with Crippen LogP contribution in [0.15, 0.2) is 36.5 Å². The number of hydrogen-bond acceptors (Lipinski definition) is 4. The van der Waals surface area contributed by atoms with Crippen molar-refractivity contribution in [2.24, 2.45) is 0 Å². The Bertz CT molecular complexity index is 955. The number of rotatable bonds is 2. The molecule has 2 aromatic heterocycles. The highest BCUT2D eigenvalue weighted by molar-refractivity contribution is 6.04. The summed E-state index contributed by atoms with van der Waals surface area (Å²) in [5.41, 5.74) is 2.17. The van der Waals surface area contributed by atoms with E-state index in [2.05, 4.69) is 15.0 Å². The lowest BCUT2D eigenvalue weighted by Gasteiger charge is -2.25. The molecule has 1 aliphatic heterocycles. The molecule has 4 rings (SSSR count). The molecule has 7 heteroatoms. The number of fused-ring (bicyclic) bond motifs is 1. The molecule has 6 nitrogen and oxygen atoms in total. The summed E-state index contributed by atoms with van der Waals surface area (Å²) in [6.07, 6.45) is 1.28. The van der Waals surface area contributed by atoms with Crippen molar-refractivity contribution in [3.63, 3.8) is 0 Å². The Kier molecular flexibility index (Phi) is 3.73. The highest BCUT2D eigenvalue weighted by atomic mass is 19.1. The molecule has 1 saturated heterocycles. The quantitative estimate of drug-likeness (QED) is 0.750. The van der Waals surface area contributed by atoms with Crippen molar-refractivity contribution in [2.45, 2.75) is 25.5 Å². The average molecular weight is 340 g/mol. The van der Waals surface area contributed by atoms with E-state index in [1.165, 1.54) is 12.1 Å². The number of halogens is 1. The molecule has 0 radical (unpaired) electrons. The number of hydrogen-bond donors (Lipinski definition) is 2. The second kappa shape index (κ2) is 5.93. The van der Waals surface area contributed by atoms with E-state index in [-0.39, 0.29) is 24.3 Å². The van der Waals surface area contributed by atoms with E-state index in [1.807, 2.05) is 0 Å². The van der Waals surface area contributed by atoms with Gasteiger partial charge in [-0.25, -0.2) is 14.4 Å². The van der Waals surface area contributed by atoms with Crippen LogP contribution in [0.3, 0.4) is 0 Å². The van der Waals surface area contributed by atoms with Gasteiger partial charge in [0.05, 0.1) is 23.2 Å². The van der Waals surface area contributed by atoms with Gasteiger partial charge in [-0.3, -0.25) is 4.79 Å². The van der Waals surface area contributed by atoms with Crippen molar-refractivity contribution >= 4 is 17.1 Å². The van der Waals surface area contributed by atoms with Crippen molar-refractivity contribution in [1.82, 2.24) is 19.9 Å². The minimum Gasteiger partial charge on any atom is -0.391 e. The number of aromatic amines is 1. The molecule has 1 amide bonds. The van der Waals surface area contributed by atoms with Gasteiger partial charge in [0.15, 0.2) is 5.65 Å². The Hall–Kier alpha value is -2.80. The first-order chi connectivity index (χ1) is 12.0. The molecule has 0 bridgehead atoms. The minimum atomic E-state index is -0.641. The number of carbonyl (C=O) groups is 1. The number of aromatic nitrogens is 3. The minimum absolute atomic E-state index is 0.205. The van der Waals surface area contributed by atoms with Gasteiger partial charge in [0.2, 0.25) is 0 Å². The Morgan fingerprint density at radius 2 is 2.24 bits per heavy atom. The van der Waals surface area contributed by atoms with Gasteiger partial charge in [-0.05, 0) is 37.1 Å². The van der Waals surface area contributed by atoms with Gasteiger partial charge in [0.25, 0.3) is 5.91 Å². The Morgan fingerprint density at radius 1 is 1.40 bits per heavy atom. The number of aliphatic hydroxyl groups is 1.